The second-order valence-electron chi connectivity index (χ2n) is 7.16. The molecule has 2 fully saturated rings. The maximum atomic E-state index is 6.19. The first-order valence-corrected chi connectivity index (χ1v) is 11.0. The molecular weight excluding hydrogens is 459 g/mol. The van der Waals surface area contributed by atoms with Crippen molar-refractivity contribution >= 4 is 41.7 Å². The van der Waals surface area contributed by atoms with Gasteiger partial charge in [-0.05, 0) is 38.4 Å². The summed E-state index contributed by atoms with van der Waals surface area (Å²) in [6.45, 7) is 2.89. The third-order valence-electron chi connectivity index (χ3n) is 5.37. The molecule has 2 aliphatic rings. The van der Waals surface area contributed by atoms with Crippen molar-refractivity contribution in [2.75, 3.05) is 25.9 Å². The van der Waals surface area contributed by atoms with Crippen LogP contribution in [0.1, 0.15) is 69.7 Å². The molecule has 26 heavy (non-hydrogen) atoms. The molecule has 0 atom stereocenters. The van der Waals surface area contributed by atoms with Gasteiger partial charge < -0.3 is 15.2 Å². The Morgan fingerprint density at radius 1 is 1.12 bits per heavy atom. The first-order chi connectivity index (χ1) is 12.3. The molecule has 0 amide bonds. The van der Waals surface area contributed by atoms with Gasteiger partial charge in [0.1, 0.15) is 5.82 Å². The van der Waals surface area contributed by atoms with E-state index < -0.39 is 0 Å². The average molecular weight is 492 g/mol. The van der Waals surface area contributed by atoms with Gasteiger partial charge in [-0.1, -0.05) is 37.4 Å². The quantitative estimate of drug-likeness (QED) is 0.215. The molecular formula is C18H33IN6S. The van der Waals surface area contributed by atoms with Gasteiger partial charge in [0.15, 0.2) is 11.1 Å². The van der Waals surface area contributed by atoms with E-state index in [1.165, 1.54) is 51.4 Å². The first-order valence-electron chi connectivity index (χ1n) is 9.82. The summed E-state index contributed by atoms with van der Waals surface area (Å²) in [7, 11) is 0. The van der Waals surface area contributed by atoms with Gasteiger partial charge in [0.05, 0.1) is 0 Å². The largest absolute Gasteiger partial charge is 0.370 e. The number of hydrogen-bond acceptors (Lipinski definition) is 4. The van der Waals surface area contributed by atoms with Crippen LogP contribution in [0.15, 0.2) is 10.1 Å². The Morgan fingerprint density at radius 3 is 2.46 bits per heavy atom. The topological polar surface area (TPSA) is 72.3 Å². The Hall–Kier alpha value is -0.510. The molecule has 3 rings (SSSR count). The highest BCUT2D eigenvalue weighted by Crippen LogP contribution is 2.33. The number of halogens is 1. The zero-order valence-corrected chi connectivity index (χ0v) is 19.0. The van der Waals surface area contributed by atoms with Gasteiger partial charge >= 0.3 is 0 Å². The smallest absolute Gasteiger partial charge is 0.191 e. The summed E-state index contributed by atoms with van der Waals surface area (Å²) in [5.41, 5.74) is 6.19. The van der Waals surface area contributed by atoms with Crippen molar-refractivity contribution in [3.63, 3.8) is 0 Å². The predicted molar refractivity (Wildman–Crippen MR) is 120 cm³/mol. The highest BCUT2D eigenvalue weighted by atomic mass is 127. The monoisotopic (exact) mass is 492 g/mol. The lowest BCUT2D eigenvalue weighted by Crippen LogP contribution is -2.38. The van der Waals surface area contributed by atoms with Gasteiger partial charge in [0, 0.05) is 32.1 Å². The Labute approximate surface area is 178 Å². The van der Waals surface area contributed by atoms with Crippen LogP contribution in [0.3, 0.4) is 0 Å². The summed E-state index contributed by atoms with van der Waals surface area (Å²) in [5.74, 6) is 1.85. The minimum atomic E-state index is 0. The number of aliphatic imine (C=N–C) groups is 1. The number of rotatable bonds is 6. The van der Waals surface area contributed by atoms with E-state index in [1.54, 1.807) is 11.8 Å². The molecule has 2 N–H and O–H groups in total. The highest BCUT2D eigenvalue weighted by molar-refractivity contribution is 14.0. The number of aryl methyl sites for hydroxylation is 1. The lowest BCUT2D eigenvalue weighted by molar-refractivity contribution is 0.428. The van der Waals surface area contributed by atoms with Crippen LogP contribution in [-0.4, -0.2) is 51.5 Å². The van der Waals surface area contributed by atoms with Crippen LogP contribution >= 0.6 is 35.7 Å². The fourth-order valence-corrected chi connectivity index (χ4v) is 4.55. The maximum Gasteiger partial charge on any atom is 0.191 e. The molecule has 1 aliphatic carbocycles. The number of hydrogen-bond donors (Lipinski definition) is 1. The van der Waals surface area contributed by atoms with Crippen molar-refractivity contribution in [3.8, 4) is 0 Å². The summed E-state index contributed by atoms with van der Waals surface area (Å²) in [5, 5.41) is 9.90. The van der Waals surface area contributed by atoms with Gasteiger partial charge in [0.2, 0.25) is 0 Å². The van der Waals surface area contributed by atoms with Gasteiger partial charge in [-0.3, -0.25) is 4.99 Å². The number of nitrogens with two attached hydrogens (primary N) is 1. The Balaban J connectivity index is 0.00000243. The minimum Gasteiger partial charge on any atom is -0.370 e. The van der Waals surface area contributed by atoms with E-state index in [0.29, 0.717) is 6.04 Å². The van der Waals surface area contributed by atoms with Crippen molar-refractivity contribution in [2.24, 2.45) is 10.7 Å². The molecule has 8 heteroatoms. The molecule has 1 saturated heterocycles. The van der Waals surface area contributed by atoms with E-state index >= 15 is 0 Å². The molecule has 1 aromatic rings. The van der Waals surface area contributed by atoms with Gasteiger partial charge in [-0.2, -0.15) is 0 Å². The molecule has 0 bridgehead atoms. The van der Waals surface area contributed by atoms with E-state index in [2.05, 4.69) is 30.9 Å². The number of thioether (sulfide) groups is 1. The molecule has 1 aliphatic heterocycles. The van der Waals surface area contributed by atoms with Crippen molar-refractivity contribution in [3.05, 3.63) is 5.82 Å². The molecule has 0 unspecified atom stereocenters. The van der Waals surface area contributed by atoms with Gasteiger partial charge in [-0.15, -0.1) is 34.2 Å². The van der Waals surface area contributed by atoms with E-state index in [4.69, 9.17) is 5.73 Å². The first kappa shape index (κ1) is 21.8. The van der Waals surface area contributed by atoms with Crippen molar-refractivity contribution in [2.45, 2.75) is 75.4 Å². The van der Waals surface area contributed by atoms with Crippen LogP contribution in [0.4, 0.5) is 0 Å². The van der Waals surface area contributed by atoms with Crippen molar-refractivity contribution in [1.29, 1.82) is 0 Å². The summed E-state index contributed by atoms with van der Waals surface area (Å²) < 4.78 is 2.39. The standard InChI is InChI=1S/C18H32N6S.HI/c1-25-18-22-21-16(24(18)15-9-4-5-10-15)11-8-12-20-17(19)23-13-6-2-3-7-14-23;/h15H,2-14H2,1H3,(H2,19,20);1H. The Kier molecular flexibility index (Phi) is 9.52. The fraction of sp³-hybridized carbons (Fsp3) is 0.833. The molecule has 148 valence electrons. The van der Waals surface area contributed by atoms with Crippen LogP contribution in [0.2, 0.25) is 0 Å². The van der Waals surface area contributed by atoms with E-state index in [9.17, 15) is 0 Å². The fourth-order valence-electron chi connectivity index (χ4n) is 3.98. The Morgan fingerprint density at radius 2 is 1.81 bits per heavy atom. The number of aromatic nitrogens is 3. The molecule has 0 spiro atoms. The highest BCUT2D eigenvalue weighted by Gasteiger charge is 2.23. The Bertz CT molecular complexity index is 562. The summed E-state index contributed by atoms with van der Waals surface area (Å²) in [6, 6.07) is 0.595. The summed E-state index contributed by atoms with van der Waals surface area (Å²) in [4.78, 5) is 6.87. The summed E-state index contributed by atoms with van der Waals surface area (Å²) in [6.07, 6.45) is 14.3. The SMILES string of the molecule is CSc1nnc(CCCN=C(N)N2CCCCCC2)n1C1CCCC1.I. The molecule has 1 aromatic heterocycles. The molecule has 0 aromatic carbocycles. The van der Waals surface area contributed by atoms with Crippen LogP contribution in [0.25, 0.3) is 0 Å². The molecule has 0 radical (unpaired) electrons. The second-order valence-corrected chi connectivity index (χ2v) is 7.93. The zero-order valence-electron chi connectivity index (χ0n) is 15.9. The lowest BCUT2D eigenvalue weighted by atomic mass is 10.2. The second kappa shape index (κ2) is 11.4. The minimum absolute atomic E-state index is 0. The zero-order chi connectivity index (χ0) is 17.5. The average Bonchev–Trinajstić information content (AvgIpc) is 3.20. The molecule has 2 heterocycles. The van der Waals surface area contributed by atoms with Crippen LogP contribution in [-0.2, 0) is 6.42 Å². The van der Waals surface area contributed by atoms with Gasteiger partial charge in [-0.25, -0.2) is 0 Å². The number of guanidine groups is 1. The normalized spacial score (nSPS) is 19.4. The number of likely N-dealkylation sites (tertiary alicyclic amines) is 1. The number of nitrogens with zero attached hydrogens (tertiary/aromatic N) is 5. The molecule has 6 nitrogen and oxygen atoms in total. The third kappa shape index (κ3) is 5.74. The van der Waals surface area contributed by atoms with Crippen LogP contribution in [0, 0.1) is 0 Å². The maximum absolute atomic E-state index is 6.19. The van der Waals surface area contributed by atoms with Gasteiger partial charge in [0.25, 0.3) is 0 Å². The van der Waals surface area contributed by atoms with Crippen LogP contribution < -0.4 is 5.73 Å². The van der Waals surface area contributed by atoms with Crippen molar-refractivity contribution < 1.29 is 0 Å². The predicted octanol–water partition coefficient (Wildman–Crippen LogP) is 3.86. The van der Waals surface area contributed by atoms with Crippen molar-refractivity contribution in [1.82, 2.24) is 19.7 Å². The van der Waals surface area contributed by atoms with Crippen LogP contribution in [0.5, 0.6) is 0 Å². The summed E-state index contributed by atoms with van der Waals surface area (Å²) >= 11 is 1.70. The van der Waals surface area contributed by atoms with E-state index in [-0.39, 0.29) is 24.0 Å². The lowest BCUT2D eigenvalue weighted by Gasteiger charge is -2.21. The molecule has 1 saturated carbocycles. The third-order valence-corrected chi connectivity index (χ3v) is 6.01. The van der Waals surface area contributed by atoms with E-state index in [1.807, 2.05) is 0 Å². The van der Waals surface area contributed by atoms with E-state index in [0.717, 1.165) is 49.4 Å².